The summed E-state index contributed by atoms with van der Waals surface area (Å²) in [6.07, 6.45) is 5.83. The fraction of sp³-hybridized carbons (Fsp3) is 0.391. The smallest absolute Gasteiger partial charge is 0.115 e. The first-order valence-electron chi connectivity index (χ1n) is 9.46. The fourth-order valence-corrected chi connectivity index (χ4v) is 4.89. The SMILES string of the molecule is C=C1[C@H]2CCC[C@@]1(c1cccc(O)c1)CCN2CCc1ccccc1. The lowest BCUT2D eigenvalue weighted by atomic mass is 9.60. The maximum Gasteiger partial charge on any atom is 0.115 e. The molecule has 0 radical (unpaired) electrons. The summed E-state index contributed by atoms with van der Waals surface area (Å²) < 4.78 is 0. The largest absolute Gasteiger partial charge is 0.508 e. The number of phenolic OH excluding ortho intramolecular Hbond substituents is 1. The standard InChI is InChI=1S/C23H27NO/c1-18-22-11-6-13-23(18,20-9-5-10-21(25)17-20)14-16-24(22)15-12-19-7-3-2-4-8-19/h2-5,7-10,17,22,25H,1,6,11-16H2/t22-,23-/m1/s1. The van der Waals surface area contributed by atoms with E-state index in [9.17, 15) is 5.11 Å². The Morgan fingerprint density at radius 3 is 2.72 bits per heavy atom. The van der Waals surface area contributed by atoms with Crippen molar-refractivity contribution in [3.63, 3.8) is 0 Å². The van der Waals surface area contributed by atoms with Crippen molar-refractivity contribution in [2.75, 3.05) is 13.1 Å². The number of rotatable bonds is 4. The van der Waals surface area contributed by atoms with Gasteiger partial charge in [-0.3, -0.25) is 4.90 Å². The summed E-state index contributed by atoms with van der Waals surface area (Å²) in [5, 5.41) is 9.95. The summed E-state index contributed by atoms with van der Waals surface area (Å²) in [6.45, 7) is 6.78. The van der Waals surface area contributed by atoms with E-state index < -0.39 is 0 Å². The van der Waals surface area contributed by atoms with Crippen LogP contribution < -0.4 is 0 Å². The van der Waals surface area contributed by atoms with Crippen LogP contribution in [0.1, 0.15) is 36.8 Å². The summed E-state index contributed by atoms with van der Waals surface area (Å²) in [4.78, 5) is 2.63. The summed E-state index contributed by atoms with van der Waals surface area (Å²) in [7, 11) is 0. The molecule has 1 saturated carbocycles. The number of nitrogens with zero attached hydrogens (tertiary/aromatic N) is 1. The van der Waals surface area contributed by atoms with Gasteiger partial charge in [-0.1, -0.05) is 55.5 Å². The highest BCUT2D eigenvalue weighted by molar-refractivity contribution is 5.43. The van der Waals surface area contributed by atoms with Gasteiger partial charge < -0.3 is 5.11 Å². The quantitative estimate of drug-likeness (QED) is 0.821. The summed E-state index contributed by atoms with van der Waals surface area (Å²) >= 11 is 0. The van der Waals surface area contributed by atoms with E-state index in [2.05, 4.69) is 47.9 Å². The molecule has 1 aliphatic carbocycles. The molecule has 0 spiro atoms. The molecule has 0 unspecified atom stereocenters. The minimum Gasteiger partial charge on any atom is -0.508 e. The number of fused-ring (bicyclic) bond motifs is 2. The lowest BCUT2D eigenvalue weighted by molar-refractivity contribution is 0.111. The highest BCUT2D eigenvalue weighted by Gasteiger charge is 2.46. The monoisotopic (exact) mass is 333 g/mol. The number of aromatic hydroxyl groups is 1. The molecule has 2 heteroatoms. The van der Waals surface area contributed by atoms with E-state index in [1.807, 2.05) is 12.1 Å². The Morgan fingerprint density at radius 2 is 1.92 bits per heavy atom. The Hall–Kier alpha value is -2.06. The van der Waals surface area contributed by atoms with Gasteiger partial charge in [0.1, 0.15) is 5.75 Å². The second-order valence-corrected chi connectivity index (χ2v) is 7.59. The van der Waals surface area contributed by atoms with Crippen molar-refractivity contribution in [2.45, 2.75) is 43.6 Å². The van der Waals surface area contributed by atoms with Gasteiger partial charge in [-0.2, -0.15) is 0 Å². The Balaban J connectivity index is 1.53. The third-order valence-electron chi connectivity index (χ3n) is 6.29. The zero-order valence-electron chi connectivity index (χ0n) is 14.8. The van der Waals surface area contributed by atoms with Gasteiger partial charge in [-0.25, -0.2) is 0 Å². The predicted octanol–water partition coefficient (Wildman–Crippen LogP) is 4.69. The van der Waals surface area contributed by atoms with Crippen LogP contribution in [-0.4, -0.2) is 29.1 Å². The number of hydrogen-bond donors (Lipinski definition) is 1. The molecule has 1 N–H and O–H groups in total. The lowest BCUT2D eigenvalue weighted by Gasteiger charge is -2.53. The first-order valence-corrected chi connectivity index (χ1v) is 9.46. The van der Waals surface area contributed by atoms with Gasteiger partial charge in [0.05, 0.1) is 0 Å². The zero-order chi connectivity index (χ0) is 17.3. The molecule has 2 aromatic rings. The molecule has 2 aliphatic rings. The van der Waals surface area contributed by atoms with E-state index in [0.29, 0.717) is 11.8 Å². The van der Waals surface area contributed by atoms with E-state index in [1.165, 1.54) is 29.5 Å². The van der Waals surface area contributed by atoms with Gasteiger partial charge in [-0.15, -0.1) is 0 Å². The van der Waals surface area contributed by atoms with E-state index in [-0.39, 0.29) is 5.41 Å². The second-order valence-electron chi connectivity index (χ2n) is 7.59. The van der Waals surface area contributed by atoms with Crippen LogP contribution in [0.5, 0.6) is 5.75 Å². The molecule has 2 atom stereocenters. The van der Waals surface area contributed by atoms with Gasteiger partial charge >= 0.3 is 0 Å². The minimum absolute atomic E-state index is 0.0604. The Labute approximate surface area is 150 Å². The maximum atomic E-state index is 9.95. The average Bonchev–Trinajstić information content (AvgIpc) is 2.62. The molecule has 4 rings (SSSR count). The van der Waals surface area contributed by atoms with Gasteiger partial charge in [0.2, 0.25) is 0 Å². The van der Waals surface area contributed by atoms with Crippen LogP contribution in [0.15, 0.2) is 66.7 Å². The topological polar surface area (TPSA) is 23.5 Å². The molecule has 1 heterocycles. The van der Waals surface area contributed by atoms with E-state index in [1.54, 1.807) is 6.07 Å². The highest BCUT2D eigenvalue weighted by atomic mass is 16.3. The summed E-state index contributed by atoms with van der Waals surface area (Å²) in [5.41, 5.74) is 4.09. The van der Waals surface area contributed by atoms with Gasteiger partial charge in [0.25, 0.3) is 0 Å². The molecule has 2 aromatic carbocycles. The van der Waals surface area contributed by atoms with Crippen molar-refractivity contribution in [1.82, 2.24) is 4.90 Å². The van der Waals surface area contributed by atoms with E-state index in [0.717, 1.165) is 32.4 Å². The molecule has 0 aromatic heterocycles. The predicted molar refractivity (Wildman–Crippen MR) is 103 cm³/mol. The molecule has 0 amide bonds. The molecule has 25 heavy (non-hydrogen) atoms. The first kappa shape index (κ1) is 16.4. The number of benzene rings is 2. The zero-order valence-corrected chi connectivity index (χ0v) is 14.8. The number of piperidine rings is 1. The van der Waals surface area contributed by atoms with Gasteiger partial charge in [-0.05, 0) is 61.1 Å². The fourth-order valence-electron chi connectivity index (χ4n) is 4.89. The Morgan fingerprint density at radius 1 is 1.08 bits per heavy atom. The Bertz CT molecular complexity index is 754. The van der Waals surface area contributed by atoms with E-state index in [4.69, 9.17) is 0 Å². The first-order chi connectivity index (χ1) is 12.2. The number of likely N-dealkylation sites (tertiary alicyclic amines) is 1. The van der Waals surface area contributed by atoms with Crippen LogP contribution >= 0.6 is 0 Å². The van der Waals surface area contributed by atoms with Crippen molar-refractivity contribution in [3.05, 3.63) is 77.9 Å². The van der Waals surface area contributed by atoms with Crippen LogP contribution in [-0.2, 0) is 11.8 Å². The molecule has 2 bridgehead atoms. The lowest BCUT2D eigenvalue weighted by Crippen LogP contribution is -2.53. The molecular formula is C23H27NO. The van der Waals surface area contributed by atoms with Crippen molar-refractivity contribution >= 4 is 0 Å². The maximum absolute atomic E-state index is 9.95. The van der Waals surface area contributed by atoms with Crippen LogP contribution in [0.4, 0.5) is 0 Å². The van der Waals surface area contributed by atoms with Gasteiger partial charge in [0.15, 0.2) is 0 Å². The molecular weight excluding hydrogens is 306 g/mol. The van der Waals surface area contributed by atoms with Crippen LogP contribution in [0, 0.1) is 0 Å². The normalized spacial score (nSPS) is 26.6. The number of hydrogen-bond acceptors (Lipinski definition) is 2. The summed E-state index contributed by atoms with van der Waals surface area (Å²) in [6, 6.07) is 19.1. The minimum atomic E-state index is 0.0604. The van der Waals surface area contributed by atoms with Crippen molar-refractivity contribution in [2.24, 2.45) is 0 Å². The second kappa shape index (κ2) is 6.68. The van der Waals surface area contributed by atoms with Crippen LogP contribution in [0.2, 0.25) is 0 Å². The van der Waals surface area contributed by atoms with Crippen LogP contribution in [0.3, 0.4) is 0 Å². The molecule has 1 saturated heterocycles. The van der Waals surface area contributed by atoms with Crippen LogP contribution in [0.25, 0.3) is 0 Å². The highest BCUT2D eigenvalue weighted by Crippen LogP contribution is 2.50. The molecule has 1 aliphatic heterocycles. The van der Waals surface area contributed by atoms with Gasteiger partial charge in [0, 0.05) is 18.0 Å². The Kier molecular flexibility index (Phi) is 4.39. The van der Waals surface area contributed by atoms with E-state index >= 15 is 0 Å². The average molecular weight is 333 g/mol. The van der Waals surface area contributed by atoms with Crippen molar-refractivity contribution in [3.8, 4) is 5.75 Å². The third kappa shape index (κ3) is 3.00. The van der Waals surface area contributed by atoms with Crippen molar-refractivity contribution in [1.29, 1.82) is 0 Å². The van der Waals surface area contributed by atoms with Crippen molar-refractivity contribution < 1.29 is 5.11 Å². The third-order valence-corrected chi connectivity index (χ3v) is 6.29. The molecule has 2 fully saturated rings. The molecule has 130 valence electrons. The summed E-state index contributed by atoms with van der Waals surface area (Å²) in [5.74, 6) is 0.369. The molecule has 2 nitrogen and oxygen atoms in total. The number of phenols is 1.